The number of unbranched alkanes of at least 4 members (excludes halogenated alkanes) is 1. The van der Waals surface area contributed by atoms with E-state index in [4.69, 9.17) is 10.6 Å². The highest BCUT2D eigenvalue weighted by Gasteiger charge is 2.10. The molecule has 0 radical (unpaired) electrons. The average Bonchev–Trinajstić information content (AvgIpc) is 1.80. The first-order chi connectivity index (χ1) is 4.27. The maximum absolute atomic E-state index is 10.0. The molecule has 0 aliphatic carbocycles. The van der Waals surface area contributed by atoms with Crippen LogP contribution >= 0.6 is 18.6 Å². The molecule has 0 aromatic heterocycles. The van der Waals surface area contributed by atoms with Crippen molar-refractivity contribution in [2.24, 2.45) is 5.73 Å². The molecule has 3 nitrogen and oxygen atoms in total. The second kappa shape index (κ2) is 6.49. The molecule has 0 aliphatic heterocycles. The van der Waals surface area contributed by atoms with E-state index in [1.54, 1.807) is 0 Å². The third-order valence-corrected chi connectivity index (χ3v) is 2.70. The summed E-state index contributed by atoms with van der Waals surface area (Å²) in [7, 11) is -1.99. The molecule has 0 saturated heterocycles. The summed E-state index contributed by atoms with van der Waals surface area (Å²) in [4.78, 5) is 8.29. The molecule has 3 N–H and O–H groups in total. The van der Waals surface area contributed by atoms with Crippen molar-refractivity contribution in [3.63, 3.8) is 0 Å². The predicted molar refractivity (Wildman–Crippen MR) is 40.6 cm³/mol. The smallest absolute Gasteiger partial charge is 0.330 e. The first kappa shape index (κ1) is 9.37. The van der Waals surface area contributed by atoms with E-state index in [9.17, 15) is 4.57 Å². The Morgan fingerprint density at radius 1 is 1.56 bits per heavy atom. The molecule has 0 aromatic carbocycles. The van der Waals surface area contributed by atoms with Crippen LogP contribution in [0.25, 0.3) is 0 Å². The van der Waals surface area contributed by atoms with E-state index in [0.29, 0.717) is 6.54 Å². The lowest BCUT2D eigenvalue weighted by Gasteiger charge is -1.87. The van der Waals surface area contributed by atoms with Gasteiger partial charge in [-0.25, -0.2) is 0 Å². The number of rotatable bonds is 5. The molecular weight excluding hydrogens is 157 g/mol. The van der Waals surface area contributed by atoms with Crippen LogP contribution in [0.15, 0.2) is 0 Å². The Hall–Kier alpha value is 0.370. The van der Waals surface area contributed by atoms with Crippen LogP contribution in [0.5, 0.6) is 0 Å². The van der Waals surface area contributed by atoms with E-state index < -0.39 is 7.23 Å². The normalized spacial score (nSPS) is 11.6. The molecule has 0 bridgehead atoms. The average molecular weight is 168 g/mol. The van der Waals surface area contributed by atoms with E-state index in [-0.39, 0.29) is 0 Å². The largest absolute Gasteiger partial charge is 0.582 e. The van der Waals surface area contributed by atoms with Gasteiger partial charge in [0.15, 0.2) is 11.4 Å². The van der Waals surface area contributed by atoms with Crippen LogP contribution in [0.4, 0.5) is 0 Å². The molecule has 0 saturated carbocycles. The minimum Gasteiger partial charge on any atom is -0.330 e. The zero-order chi connectivity index (χ0) is 7.11. The minimum atomic E-state index is -1.99. The summed E-state index contributed by atoms with van der Waals surface area (Å²) in [6.07, 6.45) is 1.87. The molecule has 0 spiro atoms. The standard InChI is InChI=1S/C4H10NO2PS/c5-3-1-2-4-9-8(6)7/h1-5H2/p+1. The Kier molecular flexibility index (Phi) is 6.76. The second-order valence-electron chi connectivity index (χ2n) is 1.57. The quantitative estimate of drug-likeness (QED) is 0.476. The van der Waals surface area contributed by atoms with Crippen molar-refractivity contribution in [3.8, 4) is 0 Å². The molecular formula is C4H11NO2PS+. The van der Waals surface area contributed by atoms with Crippen molar-refractivity contribution in [3.05, 3.63) is 0 Å². The number of hydrogen-bond donors (Lipinski definition) is 2. The maximum Gasteiger partial charge on any atom is 0.582 e. The van der Waals surface area contributed by atoms with Crippen molar-refractivity contribution >= 4 is 18.6 Å². The Balaban J connectivity index is 2.83. The fourth-order valence-electron chi connectivity index (χ4n) is 0.389. The van der Waals surface area contributed by atoms with E-state index in [2.05, 4.69) is 0 Å². The Morgan fingerprint density at radius 2 is 2.22 bits per heavy atom. The summed E-state index contributed by atoms with van der Waals surface area (Å²) >= 11 is 1.08. The van der Waals surface area contributed by atoms with Crippen LogP contribution in [-0.4, -0.2) is 17.2 Å². The van der Waals surface area contributed by atoms with Gasteiger partial charge >= 0.3 is 7.23 Å². The first-order valence-corrected chi connectivity index (χ1v) is 5.57. The van der Waals surface area contributed by atoms with Gasteiger partial charge in [0.1, 0.15) is 0 Å². The molecule has 0 aromatic rings. The summed E-state index contributed by atoms with van der Waals surface area (Å²) in [6.45, 7) is 0.669. The van der Waals surface area contributed by atoms with Crippen LogP contribution < -0.4 is 5.73 Å². The van der Waals surface area contributed by atoms with Gasteiger partial charge in [-0.15, -0.1) is 0 Å². The van der Waals surface area contributed by atoms with Crippen molar-refractivity contribution < 1.29 is 9.46 Å². The molecule has 0 fully saturated rings. The zero-order valence-electron chi connectivity index (χ0n) is 5.12. The predicted octanol–water partition coefficient (Wildman–Crippen LogP) is 1.11. The van der Waals surface area contributed by atoms with Gasteiger partial charge in [0.2, 0.25) is 0 Å². The zero-order valence-corrected chi connectivity index (χ0v) is 6.83. The molecule has 0 heterocycles. The summed E-state index contributed by atoms with van der Waals surface area (Å²) in [6, 6.07) is 0. The third kappa shape index (κ3) is 8.37. The highest BCUT2D eigenvalue weighted by Crippen LogP contribution is 2.32. The lowest BCUT2D eigenvalue weighted by atomic mass is 10.3. The van der Waals surface area contributed by atoms with Gasteiger partial charge in [0.05, 0.1) is 0 Å². The third-order valence-electron chi connectivity index (χ3n) is 0.800. The molecule has 0 aliphatic rings. The van der Waals surface area contributed by atoms with Crippen LogP contribution in [0, 0.1) is 0 Å². The molecule has 5 heteroatoms. The number of hydrogen-bond acceptors (Lipinski definition) is 3. The van der Waals surface area contributed by atoms with E-state index in [1.165, 1.54) is 0 Å². The van der Waals surface area contributed by atoms with E-state index >= 15 is 0 Å². The summed E-state index contributed by atoms with van der Waals surface area (Å²) in [5.41, 5.74) is 5.20. The maximum atomic E-state index is 10.0. The van der Waals surface area contributed by atoms with Crippen LogP contribution in [0.3, 0.4) is 0 Å². The van der Waals surface area contributed by atoms with E-state index in [0.717, 1.165) is 30.0 Å². The molecule has 9 heavy (non-hydrogen) atoms. The molecule has 1 atom stereocenters. The molecule has 54 valence electrons. The van der Waals surface area contributed by atoms with Gasteiger partial charge in [-0.1, -0.05) is 0 Å². The van der Waals surface area contributed by atoms with Crippen molar-refractivity contribution in [1.82, 2.24) is 0 Å². The summed E-state index contributed by atoms with van der Waals surface area (Å²) in [5.74, 6) is 0.739. The minimum absolute atomic E-state index is 0.669. The van der Waals surface area contributed by atoms with Crippen molar-refractivity contribution in [1.29, 1.82) is 0 Å². The lowest BCUT2D eigenvalue weighted by molar-refractivity contribution is 0.519. The van der Waals surface area contributed by atoms with Gasteiger partial charge in [0, 0.05) is 5.75 Å². The Morgan fingerprint density at radius 3 is 2.67 bits per heavy atom. The van der Waals surface area contributed by atoms with Crippen LogP contribution in [0.1, 0.15) is 12.8 Å². The monoisotopic (exact) mass is 168 g/mol. The van der Waals surface area contributed by atoms with Gasteiger partial charge in [-0.2, -0.15) is 4.89 Å². The molecule has 0 amide bonds. The Bertz CT molecular complexity index is 90.6. The van der Waals surface area contributed by atoms with Gasteiger partial charge < -0.3 is 5.73 Å². The van der Waals surface area contributed by atoms with E-state index in [1.807, 2.05) is 0 Å². The van der Waals surface area contributed by atoms with Gasteiger partial charge in [-0.3, -0.25) is 0 Å². The summed E-state index contributed by atoms with van der Waals surface area (Å²) in [5, 5.41) is 0. The number of nitrogens with two attached hydrogens (primary N) is 1. The highest BCUT2D eigenvalue weighted by molar-refractivity contribution is 8.50. The van der Waals surface area contributed by atoms with Gasteiger partial charge in [-0.05, 0) is 24.0 Å². The summed E-state index contributed by atoms with van der Waals surface area (Å²) < 4.78 is 10.0. The highest BCUT2D eigenvalue weighted by atomic mass is 32.7. The van der Waals surface area contributed by atoms with Crippen LogP contribution in [0.2, 0.25) is 0 Å². The van der Waals surface area contributed by atoms with Crippen LogP contribution in [-0.2, 0) is 4.57 Å². The lowest BCUT2D eigenvalue weighted by Crippen LogP contribution is -1.97. The SMILES string of the molecule is NCCCCS[P+](=O)O. The fraction of sp³-hybridized carbons (Fsp3) is 1.00. The fourth-order valence-corrected chi connectivity index (χ4v) is 1.73. The second-order valence-corrected chi connectivity index (χ2v) is 4.42. The van der Waals surface area contributed by atoms with Crippen molar-refractivity contribution in [2.45, 2.75) is 12.8 Å². The van der Waals surface area contributed by atoms with Crippen molar-refractivity contribution in [2.75, 3.05) is 12.3 Å². The first-order valence-electron chi connectivity index (χ1n) is 2.76. The van der Waals surface area contributed by atoms with Gasteiger partial charge in [0.25, 0.3) is 0 Å². The Labute approximate surface area is 59.6 Å². The molecule has 1 unspecified atom stereocenters. The topological polar surface area (TPSA) is 63.3 Å². The molecule has 0 rings (SSSR count).